The molecule has 0 aromatic heterocycles. The van der Waals surface area contributed by atoms with Gasteiger partial charge in [-0.1, -0.05) is 13.3 Å². The van der Waals surface area contributed by atoms with Crippen LogP contribution in [0.1, 0.15) is 32.6 Å². The number of ether oxygens (including phenoxy) is 1. The second-order valence-corrected chi connectivity index (χ2v) is 4.75. The van der Waals surface area contributed by atoms with Gasteiger partial charge in [0.1, 0.15) is 5.92 Å². The minimum atomic E-state index is -0.492. The predicted octanol–water partition coefficient (Wildman–Crippen LogP) is 1.81. The molecule has 4 nitrogen and oxygen atoms in total. The molecule has 0 aliphatic heterocycles. The van der Waals surface area contributed by atoms with Crippen LogP contribution in [0, 0.1) is 23.2 Å². The number of carbonyl (C=O) groups excluding carboxylic acids is 1. The number of hydrogen-bond donors (Lipinski definition) is 0. The van der Waals surface area contributed by atoms with Crippen LogP contribution in [0.5, 0.6) is 0 Å². The van der Waals surface area contributed by atoms with Crippen molar-refractivity contribution in [1.82, 2.24) is 4.90 Å². The van der Waals surface area contributed by atoms with Crippen molar-refractivity contribution >= 4 is 5.91 Å². The summed E-state index contributed by atoms with van der Waals surface area (Å²) in [5, 5.41) is 8.90. The maximum atomic E-state index is 11.9. The first-order valence-corrected chi connectivity index (χ1v) is 6.41. The normalized spacial score (nSPS) is 16.3. The van der Waals surface area contributed by atoms with Gasteiger partial charge in [-0.3, -0.25) is 4.79 Å². The molecule has 1 amide bonds. The number of nitrogens with zero attached hydrogens (tertiary/aromatic N) is 2. The molecule has 1 atom stereocenters. The van der Waals surface area contributed by atoms with E-state index in [1.165, 1.54) is 12.8 Å². The van der Waals surface area contributed by atoms with Crippen LogP contribution in [-0.2, 0) is 9.53 Å². The van der Waals surface area contributed by atoms with E-state index in [2.05, 4.69) is 6.07 Å². The topological polar surface area (TPSA) is 53.3 Å². The van der Waals surface area contributed by atoms with Gasteiger partial charge >= 0.3 is 0 Å². The van der Waals surface area contributed by atoms with E-state index in [4.69, 9.17) is 10.00 Å². The molecule has 4 heteroatoms. The Balaban J connectivity index is 2.17. The van der Waals surface area contributed by atoms with Crippen LogP contribution >= 0.6 is 0 Å². The maximum absolute atomic E-state index is 11.9. The molecule has 96 valence electrons. The van der Waals surface area contributed by atoms with Gasteiger partial charge < -0.3 is 9.64 Å². The van der Waals surface area contributed by atoms with Gasteiger partial charge in [0, 0.05) is 20.2 Å². The Morgan fingerprint density at radius 1 is 1.59 bits per heavy atom. The molecule has 0 bridgehead atoms. The number of hydrogen-bond acceptors (Lipinski definition) is 3. The number of amides is 1. The Labute approximate surface area is 104 Å². The molecule has 1 unspecified atom stereocenters. The summed E-state index contributed by atoms with van der Waals surface area (Å²) in [6.45, 7) is 3.95. The zero-order chi connectivity index (χ0) is 12.7. The van der Waals surface area contributed by atoms with E-state index >= 15 is 0 Å². The monoisotopic (exact) mass is 238 g/mol. The Kier molecular flexibility index (Phi) is 5.99. The molecule has 1 saturated carbocycles. The fourth-order valence-corrected chi connectivity index (χ4v) is 1.64. The van der Waals surface area contributed by atoms with Gasteiger partial charge in [0.05, 0.1) is 12.7 Å². The third kappa shape index (κ3) is 5.18. The second kappa shape index (κ2) is 7.29. The Bertz CT molecular complexity index is 282. The molecule has 0 aromatic carbocycles. The van der Waals surface area contributed by atoms with Gasteiger partial charge in [-0.2, -0.15) is 5.26 Å². The predicted molar refractivity (Wildman–Crippen MR) is 65.2 cm³/mol. The highest BCUT2D eigenvalue weighted by Crippen LogP contribution is 2.28. The summed E-state index contributed by atoms with van der Waals surface area (Å²) < 4.78 is 5.47. The summed E-state index contributed by atoms with van der Waals surface area (Å²) in [6.07, 6.45) is 4.06. The van der Waals surface area contributed by atoms with E-state index < -0.39 is 5.92 Å². The smallest absolute Gasteiger partial charge is 0.239 e. The lowest BCUT2D eigenvalue weighted by Gasteiger charge is -2.19. The van der Waals surface area contributed by atoms with E-state index in [1.54, 1.807) is 11.9 Å². The zero-order valence-electron chi connectivity index (χ0n) is 10.8. The van der Waals surface area contributed by atoms with Crippen LogP contribution in [0.3, 0.4) is 0 Å². The van der Waals surface area contributed by atoms with Crippen LogP contribution in [0.2, 0.25) is 0 Å². The average molecular weight is 238 g/mol. The molecule has 1 aliphatic rings. The van der Waals surface area contributed by atoms with E-state index in [0.717, 1.165) is 18.9 Å². The lowest BCUT2D eigenvalue weighted by Crippen LogP contribution is -2.34. The Hall–Kier alpha value is -1.08. The highest BCUT2D eigenvalue weighted by molar-refractivity contribution is 5.80. The molecule has 0 saturated heterocycles. The van der Waals surface area contributed by atoms with Gasteiger partial charge in [-0.15, -0.1) is 0 Å². The van der Waals surface area contributed by atoms with Gasteiger partial charge in [-0.25, -0.2) is 0 Å². The Morgan fingerprint density at radius 3 is 2.82 bits per heavy atom. The fourth-order valence-electron chi connectivity index (χ4n) is 1.64. The van der Waals surface area contributed by atoms with Gasteiger partial charge in [0.15, 0.2) is 0 Å². The lowest BCUT2D eigenvalue weighted by atomic mass is 10.0. The highest BCUT2D eigenvalue weighted by atomic mass is 16.5. The quantitative estimate of drug-likeness (QED) is 0.606. The average Bonchev–Trinajstić information content (AvgIpc) is 3.14. The molecule has 1 aliphatic carbocycles. The van der Waals surface area contributed by atoms with Gasteiger partial charge in [-0.05, 0) is 25.2 Å². The summed E-state index contributed by atoms with van der Waals surface area (Å²) in [4.78, 5) is 13.5. The minimum absolute atomic E-state index is 0.0793. The van der Waals surface area contributed by atoms with Crippen LogP contribution in [-0.4, -0.2) is 37.6 Å². The molecule has 0 heterocycles. The molecule has 0 radical (unpaired) electrons. The summed E-state index contributed by atoms with van der Waals surface area (Å²) in [7, 11) is 1.74. The third-order valence-corrected chi connectivity index (χ3v) is 3.03. The van der Waals surface area contributed by atoms with Crippen LogP contribution in [0.25, 0.3) is 0 Å². The number of carbonyl (C=O) groups is 1. The summed E-state index contributed by atoms with van der Waals surface area (Å²) in [5.74, 6) is 0.181. The van der Waals surface area contributed by atoms with Crippen LogP contribution in [0.4, 0.5) is 0 Å². The van der Waals surface area contributed by atoms with Crippen molar-refractivity contribution in [2.45, 2.75) is 32.6 Å². The van der Waals surface area contributed by atoms with Crippen molar-refractivity contribution in [3.8, 4) is 6.07 Å². The second-order valence-electron chi connectivity index (χ2n) is 4.75. The number of rotatable bonds is 8. The van der Waals surface area contributed by atoms with Crippen molar-refractivity contribution in [3.05, 3.63) is 0 Å². The molecule has 0 N–H and O–H groups in total. The summed E-state index contributed by atoms with van der Waals surface area (Å²) >= 11 is 0. The fraction of sp³-hybridized carbons (Fsp3) is 0.846. The molecular weight excluding hydrogens is 216 g/mol. The lowest BCUT2D eigenvalue weighted by molar-refractivity contribution is -0.133. The van der Waals surface area contributed by atoms with E-state index in [-0.39, 0.29) is 5.91 Å². The first-order chi connectivity index (χ1) is 8.19. The minimum Gasteiger partial charge on any atom is -0.379 e. The van der Waals surface area contributed by atoms with Crippen molar-refractivity contribution in [2.24, 2.45) is 11.8 Å². The van der Waals surface area contributed by atoms with Crippen LogP contribution in [0.15, 0.2) is 0 Å². The van der Waals surface area contributed by atoms with E-state index in [0.29, 0.717) is 19.6 Å². The SMILES string of the molecule is CCCC(C#N)C(=O)N(C)CCOCC1CC1. The van der Waals surface area contributed by atoms with E-state index in [9.17, 15) is 4.79 Å². The maximum Gasteiger partial charge on any atom is 0.239 e. The van der Waals surface area contributed by atoms with Crippen molar-refractivity contribution < 1.29 is 9.53 Å². The highest BCUT2D eigenvalue weighted by Gasteiger charge is 2.22. The van der Waals surface area contributed by atoms with Crippen molar-refractivity contribution in [2.75, 3.05) is 26.8 Å². The first kappa shape index (κ1) is 14.0. The summed E-state index contributed by atoms with van der Waals surface area (Å²) in [6, 6.07) is 2.07. The van der Waals surface area contributed by atoms with E-state index in [1.807, 2.05) is 6.92 Å². The zero-order valence-corrected chi connectivity index (χ0v) is 10.8. The molecule has 1 fully saturated rings. The molecule has 1 rings (SSSR count). The Morgan fingerprint density at radius 2 is 2.29 bits per heavy atom. The molecule has 0 aromatic rings. The number of nitriles is 1. The largest absolute Gasteiger partial charge is 0.379 e. The van der Waals surface area contributed by atoms with Gasteiger partial charge in [0.25, 0.3) is 0 Å². The molecule has 17 heavy (non-hydrogen) atoms. The van der Waals surface area contributed by atoms with Gasteiger partial charge in [0.2, 0.25) is 5.91 Å². The van der Waals surface area contributed by atoms with Crippen LogP contribution < -0.4 is 0 Å². The summed E-state index contributed by atoms with van der Waals surface area (Å²) in [5.41, 5.74) is 0. The number of likely N-dealkylation sites (N-methyl/N-ethyl adjacent to an activating group) is 1. The molecular formula is C13H22N2O2. The van der Waals surface area contributed by atoms with Crippen molar-refractivity contribution in [3.63, 3.8) is 0 Å². The first-order valence-electron chi connectivity index (χ1n) is 6.41. The molecule has 0 spiro atoms. The standard InChI is InChI=1S/C13H22N2O2/c1-3-4-12(9-14)13(16)15(2)7-8-17-10-11-5-6-11/h11-12H,3-8,10H2,1-2H3. The van der Waals surface area contributed by atoms with Crippen molar-refractivity contribution in [1.29, 1.82) is 5.26 Å². The third-order valence-electron chi connectivity index (χ3n) is 3.03.